The molecule has 0 aromatic rings. The van der Waals surface area contributed by atoms with Crippen molar-refractivity contribution in [2.45, 2.75) is 39.7 Å². The van der Waals surface area contributed by atoms with E-state index in [0.717, 1.165) is 19.5 Å². The summed E-state index contributed by atoms with van der Waals surface area (Å²) in [5.74, 6) is 0.309. The van der Waals surface area contributed by atoms with Crippen molar-refractivity contribution in [1.29, 1.82) is 0 Å². The van der Waals surface area contributed by atoms with Crippen molar-refractivity contribution in [3.05, 3.63) is 0 Å². The topological polar surface area (TPSA) is 32.3 Å². The maximum atomic E-state index is 11.8. The molecule has 0 bridgehead atoms. The van der Waals surface area contributed by atoms with E-state index in [9.17, 15) is 4.79 Å². The Balaban J connectivity index is 2.54. The van der Waals surface area contributed by atoms with Gasteiger partial charge in [-0.05, 0) is 25.8 Å². The molecule has 1 aliphatic rings. The molecule has 1 atom stereocenters. The zero-order valence-electron chi connectivity index (χ0n) is 9.76. The number of likely N-dealkylation sites (N-methyl/N-ethyl adjacent to an activating group) is 1. The van der Waals surface area contributed by atoms with Crippen LogP contribution in [0.5, 0.6) is 0 Å². The van der Waals surface area contributed by atoms with Crippen molar-refractivity contribution in [3.63, 3.8) is 0 Å². The molecule has 0 spiro atoms. The molecule has 1 saturated heterocycles. The molecule has 0 aliphatic carbocycles. The third-order valence-corrected chi connectivity index (χ3v) is 3.01. The average Bonchev–Trinajstić information content (AvgIpc) is 2.02. The number of nitrogens with zero attached hydrogens (tertiary/aromatic N) is 1. The van der Waals surface area contributed by atoms with E-state index in [0.29, 0.717) is 18.4 Å². The van der Waals surface area contributed by atoms with E-state index in [-0.39, 0.29) is 5.41 Å². The lowest BCUT2D eigenvalue weighted by Crippen LogP contribution is -2.49. The molecule has 1 heterocycles. The van der Waals surface area contributed by atoms with Crippen molar-refractivity contribution in [3.8, 4) is 0 Å². The van der Waals surface area contributed by atoms with Crippen molar-refractivity contribution < 1.29 is 4.79 Å². The van der Waals surface area contributed by atoms with Gasteiger partial charge >= 0.3 is 0 Å². The van der Waals surface area contributed by atoms with Crippen LogP contribution in [0.2, 0.25) is 0 Å². The number of hydrogen-bond donors (Lipinski definition) is 1. The third kappa shape index (κ3) is 2.71. The highest BCUT2D eigenvalue weighted by molar-refractivity contribution is 5.78. The Kier molecular flexibility index (Phi) is 3.53. The lowest BCUT2D eigenvalue weighted by molar-refractivity contribution is -0.139. The fraction of sp³-hybridized carbons (Fsp3) is 0.909. The summed E-state index contributed by atoms with van der Waals surface area (Å²) >= 11 is 0. The number of piperidine rings is 1. The van der Waals surface area contributed by atoms with Gasteiger partial charge in [0.1, 0.15) is 0 Å². The lowest BCUT2D eigenvalue weighted by atomic mass is 9.82. The minimum absolute atomic E-state index is 0.201. The Morgan fingerprint density at radius 3 is 2.71 bits per heavy atom. The van der Waals surface area contributed by atoms with Crippen LogP contribution in [0.3, 0.4) is 0 Å². The fourth-order valence-electron chi connectivity index (χ4n) is 2.02. The number of carbonyl (C=O) groups is 1. The zero-order valence-corrected chi connectivity index (χ0v) is 9.76. The maximum Gasteiger partial charge on any atom is 0.223 e. The molecule has 0 aromatic carbocycles. The molecule has 0 aromatic heterocycles. The molecule has 0 saturated carbocycles. The van der Waals surface area contributed by atoms with Crippen LogP contribution in [0, 0.1) is 5.41 Å². The van der Waals surface area contributed by atoms with Crippen molar-refractivity contribution >= 4 is 5.91 Å². The van der Waals surface area contributed by atoms with Crippen LogP contribution in [-0.4, -0.2) is 37.0 Å². The molecule has 3 nitrogen and oxygen atoms in total. The van der Waals surface area contributed by atoms with Crippen LogP contribution in [-0.2, 0) is 4.79 Å². The molecule has 1 unspecified atom stereocenters. The second-order valence-electron chi connectivity index (χ2n) is 5.08. The van der Waals surface area contributed by atoms with Crippen LogP contribution in [0.15, 0.2) is 0 Å². The summed E-state index contributed by atoms with van der Waals surface area (Å²) in [6, 6.07) is 0.323. The summed E-state index contributed by atoms with van der Waals surface area (Å²) in [4.78, 5) is 13.8. The van der Waals surface area contributed by atoms with Crippen LogP contribution in [0.4, 0.5) is 0 Å². The monoisotopic (exact) mass is 198 g/mol. The fourth-order valence-corrected chi connectivity index (χ4v) is 2.02. The minimum Gasteiger partial charge on any atom is -0.339 e. The first kappa shape index (κ1) is 11.5. The van der Waals surface area contributed by atoms with E-state index >= 15 is 0 Å². The second-order valence-corrected chi connectivity index (χ2v) is 5.08. The van der Waals surface area contributed by atoms with Crippen LogP contribution >= 0.6 is 0 Å². The van der Waals surface area contributed by atoms with Gasteiger partial charge in [0, 0.05) is 25.6 Å². The molecule has 0 radical (unpaired) electrons. The molecule has 1 fully saturated rings. The third-order valence-electron chi connectivity index (χ3n) is 3.01. The second kappa shape index (κ2) is 4.30. The average molecular weight is 198 g/mol. The number of nitrogens with one attached hydrogen (secondary N) is 1. The highest BCUT2D eigenvalue weighted by atomic mass is 16.2. The van der Waals surface area contributed by atoms with Crippen LogP contribution in [0.1, 0.15) is 33.6 Å². The molecule has 1 rings (SSSR count). The van der Waals surface area contributed by atoms with Crippen molar-refractivity contribution in [2.75, 3.05) is 20.1 Å². The van der Waals surface area contributed by atoms with Gasteiger partial charge in [-0.1, -0.05) is 13.8 Å². The maximum absolute atomic E-state index is 11.8. The predicted octanol–water partition coefficient (Wildman–Crippen LogP) is 1.24. The molecule has 1 amide bonds. The Labute approximate surface area is 86.9 Å². The normalized spacial score (nSPS) is 23.7. The molecule has 14 heavy (non-hydrogen) atoms. The summed E-state index contributed by atoms with van der Waals surface area (Å²) in [6.07, 6.45) is 1.81. The zero-order chi connectivity index (χ0) is 10.8. The first-order valence-electron chi connectivity index (χ1n) is 5.40. The van der Waals surface area contributed by atoms with Gasteiger partial charge in [-0.15, -0.1) is 0 Å². The first-order chi connectivity index (χ1) is 6.46. The van der Waals surface area contributed by atoms with Crippen LogP contribution in [0.25, 0.3) is 0 Å². The van der Waals surface area contributed by atoms with E-state index in [1.807, 2.05) is 11.9 Å². The lowest BCUT2D eigenvalue weighted by Gasteiger charge is -2.39. The van der Waals surface area contributed by atoms with Crippen molar-refractivity contribution in [2.24, 2.45) is 5.41 Å². The summed E-state index contributed by atoms with van der Waals surface area (Å²) < 4.78 is 0. The molecule has 82 valence electrons. The van der Waals surface area contributed by atoms with E-state index in [1.165, 1.54) is 0 Å². The van der Waals surface area contributed by atoms with Gasteiger partial charge in [0.25, 0.3) is 0 Å². The van der Waals surface area contributed by atoms with E-state index in [1.54, 1.807) is 0 Å². The highest BCUT2D eigenvalue weighted by Crippen LogP contribution is 2.31. The predicted molar refractivity (Wildman–Crippen MR) is 58.1 cm³/mol. The van der Waals surface area contributed by atoms with Crippen LogP contribution < -0.4 is 5.32 Å². The van der Waals surface area contributed by atoms with Gasteiger partial charge in [-0.25, -0.2) is 0 Å². The Morgan fingerprint density at radius 1 is 1.57 bits per heavy atom. The Morgan fingerprint density at radius 2 is 2.21 bits per heavy atom. The largest absolute Gasteiger partial charge is 0.339 e. The molecular formula is C11H22N2O. The van der Waals surface area contributed by atoms with Gasteiger partial charge in [-0.3, -0.25) is 4.79 Å². The Bertz CT molecular complexity index is 213. The number of carbonyl (C=O) groups excluding carboxylic acids is 1. The quantitative estimate of drug-likeness (QED) is 0.740. The molecule has 3 heteroatoms. The van der Waals surface area contributed by atoms with E-state index in [4.69, 9.17) is 0 Å². The smallest absolute Gasteiger partial charge is 0.223 e. The SMILES string of the molecule is CNCC(C)N1CCC(C)(C)CC1=O. The van der Waals surface area contributed by atoms with E-state index < -0.39 is 0 Å². The molecule has 1 aliphatic heterocycles. The van der Waals surface area contributed by atoms with E-state index in [2.05, 4.69) is 26.1 Å². The molecule has 1 N–H and O–H groups in total. The molecular weight excluding hydrogens is 176 g/mol. The summed E-state index contributed by atoms with van der Waals surface area (Å²) in [6.45, 7) is 8.24. The highest BCUT2D eigenvalue weighted by Gasteiger charge is 2.33. The number of hydrogen-bond acceptors (Lipinski definition) is 2. The van der Waals surface area contributed by atoms with Crippen molar-refractivity contribution in [1.82, 2.24) is 10.2 Å². The minimum atomic E-state index is 0.201. The van der Waals surface area contributed by atoms with Gasteiger partial charge < -0.3 is 10.2 Å². The summed E-state index contributed by atoms with van der Waals surface area (Å²) in [5, 5.41) is 3.11. The van der Waals surface area contributed by atoms with Gasteiger partial charge in [0.2, 0.25) is 5.91 Å². The van der Waals surface area contributed by atoms with Gasteiger partial charge in [0.15, 0.2) is 0 Å². The number of amides is 1. The summed E-state index contributed by atoms with van der Waals surface area (Å²) in [5.41, 5.74) is 0.201. The van der Waals surface area contributed by atoms with Gasteiger partial charge in [-0.2, -0.15) is 0 Å². The number of likely N-dealkylation sites (tertiary alicyclic amines) is 1. The first-order valence-corrected chi connectivity index (χ1v) is 5.40. The summed E-state index contributed by atoms with van der Waals surface area (Å²) in [7, 11) is 1.93. The number of rotatable bonds is 3. The standard InChI is InChI=1S/C11H22N2O/c1-9(8-12-4)13-6-5-11(2,3)7-10(13)14/h9,12H,5-8H2,1-4H3. The van der Waals surface area contributed by atoms with Gasteiger partial charge in [0.05, 0.1) is 0 Å². The Hall–Kier alpha value is -0.570.